The van der Waals surface area contributed by atoms with Crippen LogP contribution in [0.5, 0.6) is 17.2 Å². The zero-order valence-corrected chi connectivity index (χ0v) is 23.4. The van der Waals surface area contributed by atoms with E-state index in [4.69, 9.17) is 24.5 Å². The van der Waals surface area contributed by atoms with Crippen LogP contribution in [0.2, 0.25) is 0 Å². The van der Waals surface area contributed by atoms with E-state index in [0.717, 1.165) is 17.5 Å². The lowest BCUT2D eigenvalue weighted by molar-refractivity contribution is -0.112. The molecule has 0 bridgehead atoms. The average Bonchev–Trinajstić information content (AvgIpc) is 3.55. The Morgan fingerprint density at radius 3 is 2.44 bits per heavy atom. The molecule has 11 nitrogen and oxygen atoms in total. The van der Waals surface area contributed by atoms with Crippen LogP contribution < -0.4 is 30.6 Å². The Labute approximate surface area is 230 Å². The zero-order valence-electron chi connectivity index (χ0n) is 22.5. The normalized spacial score (nSPS) is 11.3. The number of allylic oxidation sites excluding steroid dienone is 1. The van der Waals surface area contributed by atoms with E-state index >= 15 is 0 Å². The number of nitrogen functional groups attached to an aromatic ring is 1. The summed E-state index contributed by atoms with van der Waals surface area (Å²) < 4.78 is 21.8. The second kappa shape index (κ2) is 11.9. The molecule has 0 radical (unpaired) electrons. The van der Waals surface area contributed by atoms with Gasteiger partial charge in [-0.1, -0.05) is 35.6 Å². The number of hydrogen-bond acceptors (Lipinski definition) is 11. The summed E-state index contributed by atoms with van der Waals surface area (Å²) in [5.41, 5.74) is 9.79. The third kappa shape index (κ3) is 5.96. The Bertz CT molecular complexity index is 1500. The van der Waals surface area contributed by atoms with Gasteiger partial charge < -0.3 is 35.1 Å². The molecule has 204 valence electrons. The summed E-state index contributed by atoms with van der Waals surface area (Å²) >= 11 is 1.26. The maximum absolute atomic E-state index is 12.4. The summed E-state index contributed by atoms with van der Waals surface area (Å²) in [6.45, 7) is 5.69. The second-order valence-electron chi connectivity index (χ2n) is 8.47. The highest BCUT2D eigenvalue weighted by Gasteiger charge is 2.20. The highest BCUT2D eigenvalue weighted by atomic mass is 32.1. The summed E-state index contributed by atoms with van der Waals surface area (Å²) in [4.78, 5) is 21.9. The van der Waals surface area contributed by atoms with E-state index < -0.39 is 0 Å². The highest BCUT2D eigenvalue weighted by molar-refractivity contribution is 7.19. The molecule has 2 aromatic heterocycles. The summed E-state index contributed by atoms with van der Waals surface area (Å²) in [6.07, 6.45) is 2.66. The fourth-order valence-corrected chi connectivity index (χ4v) is 4.64. The van der Waals surface area contributed by atoms with Crippen molar-refractivity contribution in [2.24, 2.45) is 0 Å². The molecule has 2 aromatic carbocycles. The van der Waals surface area contributed by atoms with Crippen LogP contribution in [0.15, 0.2) is 46.5 Å². The number of thiazole rings is 1. The van der Waals surface area contributed by atoms with E-state index in [2.05, 4.69) is 25.8 Å². The van der Waals surface area contributed by atoms with Crippen molar-refractivity contribution in [3.8, 4) is 39.4 Å². The van der Waals surface area contributed by atoms with Crippen molar-refractivity contribution in [3.05, 3.63) is 47.5 Å². The molecule has 0 saturated heterocycles. The monoisotopic (exact) mass is 550 g/mol. The van der Waals surface area contributed by atoms with Gasteiger partial charge in [0.25, 0.3) is 11.8 Å². The number of aromatic nitrogens is 3. The van der Waals surface area contributed by atoms with Gasteiger partial charge in [-0.2, -0.15) is 4.98 Å². The predicted octanol–water partition coefficient (Wildman–Crippen LogP) is 5.81. The fourth-order valence-electron chi connectivity index (χ4n) is 3.81. The van der Waals surface area contributed by atoms with Crippen molar-refractivity contribution >= 4 is 39.6 Å². The molecule has 0 aliphatic heterocycles. The SMILES string of the molecule is CC/C=C(\C)C(=O)Nc1ccc(C)c(-c2noc(-c3sc(Nc4cc(OC)c(OC)c(OC)c4)nc3N)n2)c1. The van der Waals surface area contributed by atoms with Gasteiger partial charge in [-0.05, 0) is 38.0 Å². The molecule has 12 heteroatoms. The maximum Gasteiger partial charge on any atom is 0.272 e. The van der Waals surface area contributed by atoms with Gasteiger partial charge in [-0.15, -0.1) is 0 Å². The Kier molecular flexibility index (Phi) is 8.35. The van der Waals surface area contributed by atoms with Gasteiger partial charge in [0, 0.05) is 34.6 Å². The van der Waals surface area contributed by atoms with Crippen LogP contribution in [0.4, 0.5) is 22.3 Å². The van der Waals surface area contributed by atoms with E-state index in [1.165, 1.54) is 11.3 Å². The fraction of sp³-hybridized carbons (Fsp3) is 0.259. The average molecular weight is 551 g/mol. The van der Waals surface area contributed by atoms with Crippen molar-refractivity contribution in [1.29, 1.82) is 0 Å². The molecule has 4 aromatic rings. The molecule has 39 heavy (non-hydrogen) atoms. The second-order valence-corrected chi connectivity index (χ2v) is 9.47. The molecule has 2 heterocycles. The first-order chi connectivity index (χ1) is 18.8. The van der Waals surface area contributed by atoms with Gasteiger partial charge in [-0.3, -0.25) is 4.79 Å². The number of carbonyl (C=O) groups is 1. The van der Waals surface area contributed by atoms with Crippen molar-refractivity contribution in [1.82, 2.24) is 15.1 Å². The minimum atomic E-state index is -0.162. The number of carbonyl (C=O) groups excluding carboxylic acids is 1. The number of ether oxygens (including phenoxy) is 3. The molecule has 0 unspecified atom stereocenters. The quantitative estimate of drug-likeness (QED) is 0.207. The van der Waals surface area contributed by atoms with Crippen LogP contribution in [-0.2, 0) is 4.79 Å². The molecule has 1 amide bonds. The first-order valence-corrected chi connectivity index (χ1v) is 12.9. The number of aryl methyl sites for hydroxylation is 1. The molecule has 0 aliphatic carbocycles. The van der Waals surface area contributed by atoms with E-state index in [1.54, 1.807) is 40.4 Å². The first-order valence-electron chi connectivity index (χ1n) is 12.0. The van der Waals surface area contributed by atoms with Gasteiger partial charge in [0.2, 0.25) is 11.6 Å². The summed E-state index contributed by atoms with van der Waals surface area (Å²) in [7, 11) is 4.63. The Balaban J connectivity index is 1.58. The van der Waals surface area contributed by atoms with Crippen molar-refractivity contribution < 1.29 is 23.5 Å². The molecule has 4 N–H and O–H groups in total. The number of anilines is 4. The van der Waals surface area contributed by atoms with Crippen LogP contribution in [0.1, 0.15) is 25.8 Å². The van der Waals surface area contributed by atoms with E-state index in [-0.39, 0.29) is 17.6 Å². The zero-order chi connectivity index (χ0) is 28.1. The van der Waals surface area contributed by atoms with Gasteiger partial charge in [0.1, 0.15) is 10.7 Å². The number of nitrogens with two attached hydrogens (primary N) is 1. The van der Waals surface area contributed by atoms with Crippen LogP contribution in [0.3, 0.4) is 0 Å². The van der Waals surface area contributed by atoms with Crippen LogP contribution in [-0.4, -0.2) is 42.4 Å². The number of amides is 1. The van der Waals surface area contributed by atoms with Crippen LogP contribution in [0.25, 0.3) is 22.2 Å². The van der Waals surface area contributed by atoms with Crippen molar-refractivity contribution in [2.45, 2.75) is 27.2 Å². The summed E-state index contributed by atoms with van der Waals surface area (Å²) in [5.74, 6) is 2.15. The highest BCUT2D eigenvalue weighted by Crippen LogP contribution is 2.42. The van der Waals surface area contributed by atoms with Gasteiger partial charge >= 0.3 is 0 Å². The standard InChI is InChI=1S/C27H30N6O5S/c1-7-8-15(3)25(34)29-16-10-9-14(2)18(11-16)24-32-26(38-33-24)22-23(28)31-27(39-22)30-17-12-19(35-4)21(37-6)20(13-17)36-5/h8-13H,7,28H2,1-6H3,(H,29,34)(H,30,31)/b15-8+. The lowest BCUT2D eigenvalue weighted by atomic mass is 10.1. The molecule has 0 spiro atoms. The van der Waals surface area contributed by atoms with Crippen molar-refractivity contribution in [2.75, 3.05) is 37.7 Å². The lowest BCUT2D eigenvalue weighted by Crippen LogP contribution is -2.12. The third-order valence-corrected chi connectivity index (χ3v) is 6.77. The number of methoxy groups -OCH3 is 3. The number of hydrogen-bond donors (Lipinski definition) is 3. The lowest BCUT2D eigenvalue weighted by Gasteiger charge is -2.14. The van der Waals surface area contributed by atoms with Gasteiger partial charge in [0.05, 0.1) is 21.3 Å². The Morgan fingerprint density at radius 2 is 1.79 bits per heavy atom. The molecule has 0 atom stereocenters. The summed E-state index contributed by atoms with van der Waals surface area (Å²) in [5, 5.41) is 10.8. The van der Waals surface area contributed by atoms with Crippen LogP contribution in [0, 0.1) is 6.92 Å². The molecular weight excluding hydrogens is 520 g/mol. The molecule has 0 saturated carbocycles. The minimum Gasteiger partial charge on any atom is -0.493 e. The third-order valence-electron chi connectivity index (χ3n) is 5.79. The first kappa shape index (κ1) is 27.5. The minimum absolute atomic E-state index is 0.162. The predicted molar refractivity (Wildman–Crippen MR) is 152 cm³/mol. The topological polar surface area (TPSA) is 147 Å². The van der Waals surface area contributed by atoms with Crippen LogP contribution >= 0.6 is 11.3 Å². The van der Waals surface area contributed by atoms with E-state index in [9.17, 15) is 4.79 Å². The van der Waals surface area contributed by atoms with Gasteiger partial charge in [-0.25, -0.2) is 4.98 Å². The number of nitrogens with one attached hydrogen (secondary N) is 2. The van der Waals surface area contributed by atoms with E-state index in [0.29, 0.717) is 50.0 Å². The van der Waals surface area contributed by atoms with Gasteiger partial charge in [0.15, 0.2) is 16.6 Å². The molecule has 0 fully saturated rings. The largest absolute Gasteiger partial charge is 0.493 e. The van der Waals surface area contributed by atoms with E-state index in [1.807, 2.05) is 38.1 Å². The smallest absolute Gasteiger partial charge is 0.272 e. The molecule has 4 rings (SSSR count). The maximum atomic E-state index is 12.4. The Hall–Kier alpha value is -4.58. The number of nitrogens with zero attached hydrogens (tertiary/aromatic N) is 3. The molecular formula is C27H30N6O5S. The van der Waals surface area contributed by atoms with Crippen molar-refractivity contribution in [3.63, 3.8) is 0 Å². The number of rotatable bonds is 10. The summed E-state index contributed by atoms with van der Waals surface area (Å²) in [6, 6.07) is 9.06. The Morgan fingerprint density at radius 1 is 1.08 bits per heavy atom. The molecule has 0 aliphatic rings. The number of benzene rings is 2.